The summed E-state index contributed by atoms with van der Waals surface area (Å²) in [5.74, 6) is 0. The third kappa shape index (κ3) is 4.59. The third-order valence-electron chi connectivity index (χ3n) is 2.02. The number of hydrogen-bond acceptors (Lipinski definition) is 7. The average Bonchev–Trinajstić information content (AvgIpc) is 2.93. The van der Waals surface area contributed by atoms with E-state index in [2.05, 4.69) is 20.1 Å². The van der Waals surface area contributed by atoms with Gasteiger partial charge in [0.15, 0.2) is 0 Å². The number of hydrogen-bond donors (Lipinski definition) is 2. The van der Waals surface area contributed by atoms with E-state index in [9.17, 15) is 8.42 Å². The molecule has 0 aliphatic heterocycles. The Morgan fingerprint density at radius 2 is 1.85 bits per heavy atom. The summed E-state index contributed by atoms with van der Waals surface area (Å²) in [5.41, 5.74) is 0. The summed E-state index contributed by atoms with van der Waals surface area (Å²) in [4.78, 5) is 17.4. The highest BCUT2D eigenvalue weighted by Gasteiger charge is 2.10. The minimum absolute atomic E-state index is 0.240. The molecule has 0 fully saturated rings. The Balaban J connectivity index is 0.000000612. The molecule has 0 amide bonds. The van der Waals surface area contributed by atoms with Crippen LogP contribution in [0.25, 0.3) is 0 Å². The van der Waals surface area contributed by atoms with Gasteiger partial charge in [0.2, 0.25) is 10.0 Å². The maximum atomic E-state index is 11.5. The predicted octanol–water partition coefficient (Wildman–Crippen LogP) is 0.280. The van der Waals surface area contributed by atoms with Crippen molar-refractivity contribution in [3.05, 3.63) is 30.5 Å². The molecule has 0 unspecified atom stereocenters. The Bertz CT molecular complexity index is 662. The Labute approximate surface area is 119 Å². The first-order chi connectivity index (χ1) is 9.53. The molecule has 0 aliphatic rings. The van der Waals surface area contributed by atoms with Crippen LogP contribution in [0.3, 0.4) is 0 Å². The molecule has 1 aromatic carbocycles. The highest BCUT2D eigenvalue weighted by atomic mass is 32.2. The molecule has 106 valence electrons. The first-order valence-corrected chi connectivity index (χ1v) is 7.40. The van der Waals surface area contributed by atoms with Crippen molar-refractivity contribution in [2.45, 2.75) is 14.8 Å². The third-order valence-corrected chi connectivity index (χ3v) is 4.36. The molecule has 0 saturated carbocycles. The van der Waals surface area contributed by atoms with Crippen molar-refractivity contribution in [1.82, 2.24) is 20.1 Å². The van der Waals surface area contributed by atoms with Crippen molar-refractivity contribution in [1.29, 1.82) is 0 Å². The van der Waals surface area contributed by atoms with Gasteiger partial charge in [0.05, 0.1) is 11.1 Å². The van der Waals surface area contributed by atoms with Crippen molar-refractivity contribution in [2.75, 3.05) is 7.05 Å². The zero-order chi connectivity index (χ0) is 15.0. The molecule has 0 aliphatic carbocycles. The lowest BCUT2D eigenvalue weighted by Gasteiger charge is -2.03. The summed E-state index contributed by atoms with van der Waals surface area (Å²) in [6.07, 6.45) is 1.85. The topological polar surface area (TPSA) is 122 Å². The largest absolute Gasteiger partial charge is 0.373 e. The monoisotopic (exact) mass is 314 g/mol. The van der Waals surface area contributed by atoms with E-state index in [4.69, 9.17) is 9.59 Å². The van der Waals surface area contributed by atoms with E-state index in [1.807, 2.05) is 0 Å². The minimum Gasteiger partial charge on any atom is -0.214 e. The highest BCUT2D eigenvalue weighted by molar-refractivity contribution is 7.99. The van der Waals surface area contributed by atoms with Gasteiger partial charge in [-0.15, -0.1) is 5.10 Å². The van der Waals surface area contributed by atoms with Gasteiger partial charge >= 0.3 is 6.15 Å². The van der Waals surface area contributed by atoms with Crippen molar-refractivity contribution < 1.29 is 18.0 Å². The average molecular weight is 314 g/mol. The second kappa shape index (κ2) is 7.56. The van der Waals surface area contributed by atoms with Crippen LogP contribution in [0.1, 0.15) is 0 Å². The second-order valence-corrected chi connectivity index (χ2v) is 6.15. The summed E-state index contributed by atoms with van der Waals surface area (Å²) < 4.78 is 25.2. The standard InChI is InChI=1S/C9H10N4O2S2.CO2/c1-10-17(14,15)8-4-2-7(3-5-8)16-9-6-11-13-12-9;2-1-3/h2-6,10H,1H3,(H,11,12,13);. The summed E-state index contributed by atoms with van der Waals surface area (Å²) in [6, 6.07) is 6.55. The molecule has 0 saturated heterocycles. The number of benzene rings is 1. The Kier molecular flexibility index (Phi) is 6.07. The fourth-order valence-corrected chi connectivity index (χ4v) is 2.60. The second-order valence-electron chi connectivity index (χ2n) is 3.17. The summed E-state index contributed by atoms with van der Waals surface area (Å²) in [7, 11) is -1.99. The molecule has 0 bridgehead atoms. The summed E-state index contributed by atoms with van der Waals surface area (Å²) in [6.45, 7) is 0. The Morgan fingerprint density at radius 3 is 2.30 bits per heavy atom. The highest BCUT2D eigenvalue weighted by Crippen LogP contribution is 2.25. The number of H-pyrrole nitrogens is 1. The summed E-state index contributed by atoms with van der Waals surface area (Å²) in [5, 5.41) is 10.8. The van der Waals surface area contributed by atoms with Gasteiger partial charge in [-0.05, 0) is 31.3 Å². The van der Waals surface area contributed by atoms with Gasteiger partial charge < -0.3 is 0 Å². The van der Waals surface area contributed by atoms with Gasteiger partial charge in [0.1, 0.15) is 5.03 Å². The smallest absolute Gasteiger partial charge is 0.214 e. The van der Waals surface area contributed by atoms with Crippen LogP contribution in [-0.4, -0.2) is 37.0 Å². The molecule has 1 aromatic heterocycles. The number of aromatic amines is 1. The lowest BCUT2D eigenvalue weighted by molar-refractivity contribution is -0.191. The zero-order valence-corrected chi connectivity index (χ0v) is 11.9. The van der Waals surface area contributed by atoms with Crippen molar-refractivity contribution >= 4 is 27.9 Å². The minimum atomic E-state index is -3.37. The number of carbonyl (C=O) groups excluding carboxylic acids is 2. The molecule has 0 spiro atoms. The first-order valence-electron chi connectivity index (χ1n) is 5.10. The van der Waals surface area contributed by atoms with Crippen LogP contribution in [0.2, 0.25) is 0 Å². The van der Waals surface area contributed by atoms with Gasteiger partial charge in [-0.3, -0.25) is 0 Å². The van der Waals surface area contributed by atoms with Crippen LogP contribution >= 0.6 is 11.8 Å². The molecule has 20 heavy (non-hydrogen) atoms. The van der Waals surface area contributed by atoms with Crippen LogP contribution in [0.5, 0.6) is 0 Å². The van der Waals surface area contributed by atoms with E-state index in [-0.39, 0.29) is 11.0 Å². The van der Waals surface area contributed by atoms with Crippen LogP contribution in [0.4, 0.5) is 0 Å². The fourth-order valence-electron chi connectivity index (χ4n) is 1.17. The normalized spacial score (nSPS) is 10.2. The van der Waals surface area contributed by atoms with Crippen molar-refractivity contribution in [3.8, 4) is 0 Å². The maximum absolute atomic E-state index is 11.5. The van der Waals surface area contributed by atoms with Crippen LogP contribution in [0.15, 0.2) is 45.3 Å². The first kappa shape index (κ1) is 16.1. The number of sulfonamides is 1. The van der Waals surface area contributed by atoms with Gasteiger partial charge in [-0.25, -0.2) is 13.1 Å². The molecule has 2 rings (SSSR count). The molecule has 1 heterocycles. The number of rotatable bonds is 4. The van der Waals surface area contributed by atoms with Crippen LogP contribution in [0, 0.1) is 0 Å². The van der Waals surface area contributed by atoms with Gasteiger partial charge in [0, 0.05) is 4.90 Å². The number of nitrogens with one attached hydrogen (secondary N) is 2. The van der Waals surface area contributed by atoms with E-state index in [0.717, 1.165) is 9.92 Å². The SMILES string of the molecule is CNS(=O)(=O)c1ccc(Sc2cn[nH]n2)cc1.O=C=O. The molecule has 2 N–H and O–H groups in total. The van der Waals surface area contributed by atoms with Gasteiger partial charge in [-0.2, -0.15) is 19.9 Å². The Morgan fingerprint density at radius 1 is 1.25 bits per heavy atom. The molecule has 2 aromatic rings. The zero-order valence-electron chi connectivity index (χ0n) is 10.2. The van der Waals surface area contributed by atoms with Gasteiger partial charge in [-0.1, -0.05) is 11.8 Å². The van der Waals surface area contributed by atoms with Crippen molar-refractivity contribution in [3.63, 3.8) is 0 Å². The molecule has 0 atom stereocenters. The lowest BCUT2D eigenvalue weighted by atomic mass is 10.4. The molecule has 10 heteroatoms. The fraction of sp³-hybridized carbons (Fsp3) is 0.100. The van der Waals surface area contributed by atoms with E-state index < -0.39 is 10.0 Å². The van der Waals surface area contributed by atoms with E-state index in [1.165, 1.54) is 18.8 Å². The molecular weight excluding hydrogens is 304 g/mol. The van der Waals surface area contributed by atoms with Gasteiger partial charge in [0.25, 0.3) is 0 Å². The van der Waals surface area contributed by atoms with E-state index in [0.29, 0.717) is 0 Å². The number of aromatic nitrogens is 3. The van der Waals surface area contributed by atoms with Crippen molar-refractivity contribution in [2.24, 2.45) is 0 Å². The summed E-state index contributed by atoms with van der Waals surface area (Å²) >= 11 is 1.40. The Hall–Kier alpha value is -2.00. The number of nitrogens with zero attached hydrogens (tertiary/aromatic N) is 2. The van der Waals surface area contributed by atoms with E-state index >= 15 is 0 Å². The molecule has 0 radical (unpaired) electrons. The molecule has 8 nitrogen and oxygen atoms in total. The lowest BCUT2D eigenvalue weighted by Crippen LogP contribution is -2.18. The predicted molar refractivity (Wildman–Crippen MR) is 68.2 cm³/mol. The van der Waals surface area contributed by atoms with E-state index in [1.54, 1.807) is 30.5 Å². The maximum Gasteiger partial charge on any atom is 0.373 e. The van der Waals surface area contributed by atoms with Crippen LogP contribution < -0.4 is 4.72 Å². The molecular formula is C10H10N4O4S2. The van der Waals surface area contributed by atoms with Crippen LogP contribution in [-0.2, 0) is 19.6 Å². The quantitative estimate of drug-likeness (QED) is 0.831.